The van der Waals surface area contributed by atoms with Crippen molar-refractivity contribution in [1.29, 1.82) is 0 Å². The van der Waals surface area contributed by atoms with Crippen molar-refractivity contribution in [2.24, 2.45) is 0 Å². The van der Waals surface area contributed by atoms with Crippen LogP contribution in [0.15, 0.2) is 22.9 Å². The van der Waals surface area contributed by atoms with Gasteiger partial charge in [-0.15, -0.1) is 0 Å². The van der Waals surface area contributed by atoms with Crippen LogP contribution in [0.2, 0.25) is 0 Å². The highest BCUT2D eigenvalue weighted by Gasteiger charge is 2.00. The van der Waals surface area contributed by atoms with E-state index in [0.717, 1.165) is 4.52 Å². The lowest BCUT2D eigenvalue weighted by Gasteiger charge is -1.93. The zero-order chi connectivity index (χ0) is 10.5. The molecule has 11 heavy (non-hydrogen) atoms. The maximum Gasteiger partial charge on any atom is 0.171 e. The van der Waals surface area contributed by atoms with E-state index in [1.807, 2.05) is 0 Å². The summed E-state index contributed by atoms with van der Waals surface area (Å²) in [6.07, 6.45) is -0.206. The third-order valence-corrected chi connectivity index (χ3v) is 1.69. The van der Waals surface area contributed by atoms with Crippen LogP contribution < -0.4 is 5.73 Å². The van der Waals surface area contributed by atoms with Gasteiger partial charge in [0, 0.05) is 6.17 Å². The smallest absolute Gasteiger partial charge is 0.171 e. The second-order valence-electron chi connectivity index (χ2n) is 1.90. The molecule has 0 aliphatic carbocycles. The molecular weight excluding hydrogens is 208 g/mol. The van der Waals surface area contributed by atoms with Gasteiger partial charge in [0.15, 0.2) is 5.65 Å². The largest absolute Gasteiger partial charge is 0.384 e. The van der Waals surface area contributed by atoms with Gasteiger partial charge in [0.05, 0.1) is 14.8 Å². The lowest BCUT2D eigenvalue weighted by molar-refractivity contribution is 0.942. The molecule has 2 rings (SSSR count). The highest BCUT2D eigenvalue weighted by molar-refractivity contribution is 9.10. The van der Waals surface area contributed by atoms with Crippen molar-refractivity contribution in [3.8, 4) is 0 Å². The van der Waals surface area contributed by atoms with E-state index in [-0.39, 0.29) is 29.9 Å². The number of anilines is 1. The van der Waals surface area contributed by atoms with Gasteiger partial charge in [-0.25, -0.2) is 9.50 Å². The van der Waals surface area contributed by atoms with Crippen LogP contribution in [0.1, 0.15) is 4.11 Å². The topological polar surface area (TPSA) is 56.2 Å². The third-order valence-electron chi connectivity index (χ3n) is 1.16. The Morgan fingerprint density at radius 1 is 1.73 bits per heavy atom. The molecule has 2 N–H and O–H groups in total. The number of nitrogens with two attached hydrogens (primary N) is 1. The molecule has 0 unspecified atom stereocenters. The molecule has 0 bridgehead atoms. The minimum atomic E-state index is -0.187. The van der Waals surface area contributed by atoms with E-state index in [9.17, 15) is 0 Å². The molecule has 0 atom stereocenters. The van der Waals surface area contributed by atoms with E-state index >= 15 is 0 Å². The summed E-state index contributed by atoms with van der Waals surface area (Å²) in [6, 6.07) is -0.187. The molecular formula is C6H5BrN4. The molecule has 0 radical (unpaired) electrons. The van der Waals surface area contributed by atoms with Gasteiger partial charge in [0.2, 0.25) is 0 Å². The fourth-order valence-corrected chi connectivity index (χ4v) is 1.05. The lowest BCUT2D eigenvalue weighted by Crippen LogP contribution is -1.94. The van der Waals surface area contributed by atoms with E-state index in [1.165, 1.54) is 0 Å². The number of fused-ring (bicyclic) bond motifs is 1. The SMILES string of the molecule is [2H]c1nn2c([2H])c([2H])c(N)nc2c1Br. The summed E-state index contributed by atoms with van der Waals surface area (Å²) < 4.78 is 23.8. The number of rotatable bonds is 0. The normalized spacial score (nSPS) is 14.5. The maximum atomic E-state index is 7.53. The lowest BCUT2D eigenvalue weighted by atomic mass is 10.6. The van der Waals surface area contributed by atoms with Crippen LogP contribution in [0.5, 0.6) is 0 Å². The molecule has 0 spiro atoms. The Morgan fingerprint density at radius 2 is 2.55 bits per heavy atom. The number of nitrogen functional groups attached to an aromatic ring is 1. The quantitative estimate of drug-likeness (QED) is 0.716. The average Bonchev–Trinajstić information content (AvgIpc) is 2.42. The number of nitrogens with zero attached hydrogens (tertiary/aromatic N) is 3. The number of hydrogen-bond donors (Lipinski definition) is 1. The van der Waals surface area contributed by atoms with Crippen LogP contribution in [0.4, 0.5) is 5.82 Å². The minimum Gasteiger partial charge on any atom is -0.384 e. The molecule has 5 heteroatoms. The summed E-state index contributed by atoms with van der Waals surface area (Å²) in [5.74, 6) is -0.0388. The number of aromatic nitrogens is 3. The van der Waals surface area contributed by atoms with Crippen molar-refractivity contribution < 1.29 is 4.11 Å². The second kappa shape index (κ2) is 2.20. The molecule has 0 amide bonds. The monoisotopic (exact) mass is 215 g/mol. The first kappa shape index (κ1) is 4.06. The summed E-state index contributed by atoms with van der Waals surface area (Å²) in [7, 11) is 0. The number of hydrogen-bond acceptors (Lipinski definition) is 3. The fraction of sp³-hybridized carbons (Fsp3) is 0. The third kappa shape index (κ3) is 0.970. The molecule has 4 nitrogen and oxygen atoms in total. The van der Waals surface area contributed by atoms with Gasteiger partial charge >= 0.3 is 0 Å². The predicted octanol–water partition coefficient (Wildman–Crippen LogP) is 1.07. The van der Waals surface area contributed by atoms with Gasteiger partial charge in [0.1, 0.15) is 5.82 Å². The van der Waals surface area contributed by atoms with Crippen molar-refractivity contribution in [2.75, 3.05) is 5.73 Å². The Hall–Kier alpha value is -1.10. The van der Waals surface area contributed by atoms with Crippen LogP contribution in [0, 0.1) is 0 Å². The molecule has 0 aliphatic heterocycles. The Bertz CT molecular complexity index is 524. The summed E-state index contributed by atoms with van der Waals surface area (Å²) in [5, 5.41) is 3.73. The first-order chi connectivity index (χ1) is 6.52. The fourth-order valence-electron chi connectivity index (χ4n) is 0.711. The molecule has 0 saturated carbocycles. The van der Waals surface area contributed by atoms with Crippen molar-refractivity contribution in [3.05, 3.63) is 22.9 Å². The van der Waals surface area contributed by atoms with Crippen LogP contribution >= 0.6 is 15.9 Å². The van der Waals surface area contributed by atoms with Crippen molar-refractivity contribution in [3.63, 3.8) is 0 Å². The van der Waals surface area contributed by atoms with Gasteiger partial charge in [0.25, 0.3) is 0 Å². The standard InChI is InChI=1S/C6H5BrN4/c7-4-3-9-11-2-1-5(8)10-6(4)11/h1-3H,(H2,8,10)/i1D,2D,3D. The van der Waals surface area contributed by atoms with Gasteiger partial charge < -0.3 is 5.73 Å². The van der Waals surface area contributed by atoms with E-state index in [4.69, 9.17) is 9.85 Å². The van der Waals surface area contributed by atoms with E-state index in [0.29, 0.717) is 4.47 Å². The van der Waals surface area contributed by atoms with Gasteiger partial charge in [-0.05, 0) is 22.0 Å². The Morgan fingerprint density at radius 3 is 3.36 bits per heavy atom. The van der Waals surface area contributed by atoms with Crippen LogP contribution in [-0.2, 0) is 0 Å². The van der Waals surface area contributed by atoms with E-state index in [1.54, 1.807) is 0 Å². The van der Waals surface area contributed by atoms with Crippen LogP contribution in [0.25, 0.3) is 5.65 Å². The Labute approximate surface area is 75.4 Å². The van der Waals surface area contributed by atoms with Gasteiger partial charge in [-0.1, -0.05) is 0 Å². The second-order valence-corrected chi connectivity index (χ2v) is 2.69. The molecule has 2 heterocycles. The maximum absolute atomic E-state index is 7.53. The van der Waals surface area contributed by atoms with Gasteiger partial charge in [-0.3, -0.25) is 0 Å². The molecule has 0 aliphatic rings. The van der Waals surface area contributed by atoms with E-state index in [2.05, 4.69) is 26.0 Å². The van der Waals surface area contributed by atoms with Crippen molar-refractivity contribution in [1.82, 2.24) is 14.6 Å². The molecule has 0 fully saturated rings. The van der Waals surface area contributed by atoms with Crippen LogP contribution in [-0.4, -0.2) is 14.6 Å². The predicted molar refractivity (Wildman–Crippen MR) is 45.1 cm³/mol. The summed E-state index contributed by atoms with van der Waals surface area (Å²) in [5.41, 5.74) is 5.71. The highest BCUT2D eigenvalue weighted by atomic mass is 79.9. The van der Waals surface area contributed by atoms with Crippen molar-refractivity contribution in [2.45, 2.75) is 0 Å². The first-order valence-electron chi connectivity index (χ1n) is 4.30. The van der Waals surface area contributed by atoms with E-state index < -0.39 is 0 Å². The molecule has 0 aromatic carbocycles. The summed E-state index contributed by atoms with van der Waals surface area (Å²) >= 11 is 3.11. The van der Waals surface area contributed by atoms with Crippen molar-refractivity contribution >= 4 is 27.4 Å². The minimum absolute atomic E-state index is 0.0315. The molecule has 2 aromatic heterocycles. The molecule has 2 aromatic rings. The Kier molecular flexibility index (Phi) is 0.811. The number of halogens is 1. The molecule has 0 saturated heterocycles. The Balaban J connectivity index is 2.98. The van der Waals surface area contributed by atoms with Crippen LogP contribution in [0.3, 0.4) is 0 Å². The summed E-state index contributed by atoms with van der Waals surface area (Å²) in [4.78, 5) is 3.86. The first-order valence-corrected chi connectivity index (χ1v) is 3.59. The zero-order valence-electron chi connectivity index (χ0n) is 8.30. The highest BCUT2D eigenvalue weighted by Crippen LogP contribution is 2.15. The average molecular weight is 216 g/mol. The summed E-state index contributed by atoms with van der Waals surface area (Å²) in [6.45, 7) is 0. The molecule has 56 valence electrons. The zero-order valence-corrected chi connectivity index (χ0v) is 6.88. The van der Waals surface area contributed by atoms with Gasteiger partial charge in [-0.2, -0.15) is 5.10 Å².